The maximum atomic E-state index is 12.8. The smallest absolute Gasteiger partial charge is 0.271 e. The van der Waals surface area contributed by atoms with Crippen molar-refractivity contribution in [3.8, 4) is 0 Å². The van der Waals surface area contributed by atoms with Crippen LogP contribution in [-0.4, -0.2) is 55.8 Å². The highest BCUT2D eigenvalue weighted by atomic mass is 16.2. The van der Waals surface area contributed by atoms with Crippen LogP contribution in [0.5, 0.6) is 0 Å². The monoisotopic (exact) mass is 368 g/mol. The highest BCUT2D eigenvalue weighted by Crippen LogP contribution is 2.16. The number of aromatic nitrogens is 4. The van der Waals surface area contributed by atoms with E-state index >= 15 is 0 Å². The van der Waals surface area contributed by atoms with Crippen LogP contribution in [0.4, 0.5) is 0 Å². The Morgan fingerprint density at radius 3 is 2.56 bits per heavy atom. The summed E-state index contributed by atoms with van der Waals surface area (Å²) in [5.74, 6) is 0.376. The Balaban J connectivity index is 1.60. The molecule has 1 aliphatic heterocycles. The summed E-state index contributed by atoms with van der Waals surface area (Å²) in [5.41, 5.74) is 2.31. The highest BCUT2D eigenvalue weighted by Gasteiger charge is 2.24. The van der Waals surface area contributed by atoms with E-state index < -0.39 is 0 Å². The largest absolute Gasteiger partial charge is 0.348 e. The van der Waals surface area contributed by atoms with Crippen molar-refractivity contribution in [2.45, 2.75) is 46.1 Å². The fraction of sp³-hybridized carbons (Fsp3) is 0.474. The minimum atomic E-state index is -0.227. The summed E-state index contributed by atoms with van der Waals surface area (Å²) in [6, 6.07) is 0.00812. The summed E-state index contributed by atoms with van der Waals surface area (Å²) in [7, 11) is 0. The van der Waals surface area contributed by atoms with Gasteiger partial charge in [-0.2, -0.15) is 0 Å². The number of carbonyl (C=O) groups excluding carboxylic acids is 2. The van der Waals surface area contributed by atoms with Crippen LogP contribution in [0, 0.1) is 20.8 Å². The minimum absolute atomic E-state index is 0.00812. The second-order valence-electron chi connectivity index (χ2n) is 6.85. The first kappa shape index (κ1) is 18.9. The highest BCUT2D eigenvalue weighted by molar-refractivity contribution is 5.95. The number of aryl methyl sites for hydroxylation is 3. The normalized spacial score (nSPS) is 17.3. The van der Waals surface area contributed by atoms with Crippen molar-refractivity contribution >= 4 is 11.8 Å². The maximum absolute atomic E-state index is 12.8. The molecule has 1 fully saturated rings. The van der Waals surface area contributed by atoms with Gasteiger partial charge < -0.3 is 10.2 Å². The summed E-state index contributed by atoms with van der Waals surface area (Å²) in [5, 5.41) is 3.01. The van der Waals surface area contributed by atoms with Gasteiger partial charge in [0, 0.05) is 31.5 Å². The second-order valence-corrected chi connectivity index (χ2v) is 6.85. The molecule has 1 atom stereocenters. The van der Waals surface area contributed by atoms with Crippen LogP contribution in [0.15, 0.2) is 18.6 Å². The van der Waals surface area contributed by atoms with Gasteiger partial charge >= 0.3 is 0 Å². The van der Waals surface area contributed by atoms with Crippen LogP contribution < -0.4 is 5.32 Å². The molecule has 27 heavy (non-hydrogen) atoms. The maximum Gasteiger partial charge on any atom is 0.271 e. The molecule has 3 heterocycles. The molecule has 0 saturated carbocycles. The average Bonchev–Trinajstić information content (AvgIpc) is 2.87. The first-order valence-corrected chi connectivity index (χ1v) is 9.13. The van der Waals surface area contributed by atoms with Crippen molar-refractivity contribution < 1.29 is 9.59 Å². The third-order valence-corrected chi connectivity index (χ3v) is 4.69. The molecule has 1 aliphatic rings. The van der Waals surface area contributed by atoms with Crippen molar-refractivity contribution in [2.24, 2.45) is 0 Å². The quantitative estimate of drug-likeness (QED) is 0.883. The van der Waals surface area contributed by atoms with Gasteiger partial charge in [-0.1, -0.05) is 0 Å². The summed E-state index contributed by atoms with van der Waals surface area (Å²) in [6.45, 7) is 6.69. The zero-order valence-corrected chi connectivity index (χ0v) is 15.9. The molecule has 0 unspecified atom stereocenters. The van der Waals surface area contributed by atoms with E-state index in [0.717, 1.165) is 18.5 Å². The molecule has 0 aromatic carbocycles. The van der Waals surface area contributed by atoms with Gasteiger partial charge in [0.1, 0.15) is 11.5 Å². The Kier molecular flexibility index (Phi) is 5.73. The van der Waals surface area contributed by atoms with Crippen LogP contribution in [0.2, 0.25) is 0 Å². The molecule has 8 nitrogen and oxygen atoms in total. The molecule has 2 aromatic rings. The average molecular weight is 368 g/mol. The molecular formula is C19H24N6O2. The fourth-order valence-corrected chi connectivity index (χ4v) is 3.18. The van der Waals surface area contributed by atoms with E-state index in [1.165, 1.54) is 6.20 Å². The van der Waals surface area contributed by atoms with E-state index in [1.54, 1.807) is 19.3 Å². The minimum Gasteiger partial charge on any atom is -0.348 e. The molecule has 0 aliphatic carbocycles. The number of hydrogen-bond donors (Lipinski definition) is 1. The van der Waals surface area contributed by atoms with Gasteiger partial charge in [0.2, 0.25) is 0 Å². The first-order chi connectivity index (χ1) is 12.9. The number of rotatable bonds is 3. The second kappa shape index (κ2) is 8.20. The topological polar surface area (TPSA) is 101 Å². The standard InChI is InChI=1S/C19H24N6O2/c1-12-9-22-17(11-20-12)18(26)24-15-5-4-7-25(8-6-15)19(27)16-10-21-14(3)23-13(16)2/h9-11,15H,4-8H2,1-3H3,(H,24,26)/t15-/m1/s1. The van der Waals surface area contributed by atoms with Crippen molar-refractivity contribution in [3.05, 3.63) is 47.1 Å². The third-order valence-electron chi connectivity index (χ3n) is 4.69. The van der Waals surface area contributed by atoms with Crippen LogP contribution in [0.1, 0.15) is 57.3 Å². The molecule has 1 saturated heterocycles. The van der Waals surface area contributed by atoms with Gasteiger partial charge in [-0.3, -0.25) is 14.6 Å². The Morgan fingerprint density at radius 1 is 1.04 bits per heavy atom. The molecule has 0 radical (unpaired) electrons. The Bertz CT molecular complexity index is 837. The third kappa shape index (κ3) is 4.64. The Hall–Kier alpha value is -2.90. The van der Waals surface area contributed by atoms with Gasteiger partial charge in [-0.25, -0.2) is 15.0 Å². The molecule has 8 heteroatoms. The number of likely N-dealkylation sites (tertiary alicyclic amines) is 1. The molecule has 2 amide bonds. The summed E-state index contributed by atoms with van der Waals surface area (Å²) in [6.07, 6.45) is 6.99. The van der Waals surface area contributed by atoms with Crippen LogP contribution in [-0.2, 0) is 0 Å². The molecule has 142 valence electrons. The van der Waals surface area contributed by atoms with Gasteiger partial charge in [0.15, 0.2) is 0 Å². The van der Waals surface area contributed by atoms with E-state index in [2.05, 4.69) is 25.3 Å². The van der Waals surface area contributed by atoms with E-state index in [9.17, 15) is 9.59 Å². The van der Waals surface area contributed by atoms with Crippen molar-refractivity contribution in [1.82, 2.24) is 30.2 Å². The Labute approximate surface area is 158 Å². The zero-order valence-electron chi connectivity index (χ0n) is 15.9. The number of hydrogen-bond acceptors (Lipinski definition) is 6. The number of nitrogens with zero attached hydrogens (tertiary/aromatic N) is 5. The number of carbonyl (C=O) groups is 2. The molecule has 0 spiro atoms. The molecule has 1 N–H and O–H groups in total. The number of amides is 2. The SMILES string of the molecule is Cc1cnc(C(=O)N[C@@H]2CCCN(C(=O)c3cnc(C)nc3C)CC2)cn1. The van der Waals surface area contributed by atoms with Gasteiger partial charge in [-0.05, 0) is 40.0 Å². The first-order valence-electron chi connectivity index (χ1n) is 9.13. The van der Waals surface area contributed by atoms with Crippen molar-refractivity contribution in [1.29, 1.82) is 0 Å². The molecule has 2 aromatic heterocycles. The van der Waals surface area contributed by atoms with E-state index in [0.29, 0.717) is 42.3 Å². The predicted octanol–water partition coefficient (Wildman–Crippen LogP) is 1.62. The predicted molar refractivity (Wildman–Crippen MR) is 99.3 cm³/mol. The van der Waals surface area contributed by atoms with Crippen molar-refractivity contribution in [2.75, 3.05) is 13.1 Å². The van der Waals surface area contributed by atoms with Crippen molar-refractivity contribution in [3.63, 3.8) is 0 Å². The Morgan fingerprint density at radius 2 is 1.85 bits per heavy atom. The van der Waals surface area contributed by atoms with E-state index in [4.69, 9.17) is 0 Å². The van der Waals surface area contributed by atoms with Gasteiger partial charge in [0.25, 0.3) is 11.8 Å². The fourth-order valence-electron chi connectivity index (χ4n) is 3.18. The lowest BCUT2D eigenvalue weighted by molar-refractivity contribution is 0.0759. The van der Waals surface area contributed by atoms with E-state index in [1.807, 2.05) is 18.7 Å². The summed E-state index contributed by atoms with van der Waals surface area (Å²) in [4.78, 5) is 43.6. The molecule has 3 rings (SSSR count). The lowest BCUT2D eigenvalue weighted by atomic mass is 10.1. The molecule has 0 bridgehead atoms. The van der Waals surface area contributed by atoms with Gasteiger partial charge in [0.05, 0.1) is 23.1 Å². The van der Waals surface area contributed by atoms with Crippen LogP contribution in [0.3, 0.4) is 0 Å². The van der Waals surface area contributed by atoms with E-state index in [-0.39, 0.29) is 17.9 Å². The number of nitrogens with one attached hydrogen (secondary N) is 1. The van der Waals surface area contributed by atoms with Crippen LogP contribution >= 0.6 is 0 Å². The summed E-state index contributed by atoms with van der Waals surface area (Å²) >= 11 is 0. The van der Waals surface area contributed by atoms with Crippen LogP contribution in [0.25, 0.3) is 0 Å². The summed E-state index contributed by atoms with van der Waals surface area (Å²) < 4.78 is 0. The van der Waals surface area contributed by atoms with Gasteiger partial charge in [-0.15, -0.1) is 0 Å². The lowest BCUT2D eigenvalue weighted by Gasteiger charge is -2.21. The molecular weight excluding hydrogens is 344 g/mol. The zero-order chi connectivity index (χ0) is 19.4. The lowest BCUT2D eigenvalue weighted by Crippen LogP contribution is -2.37.